The van der Waals surface area contributed by atoms with Crippen molar-refractivity contribution in [2.24, 2.45) is 0 Å². The van der Waals surface area contributed by atoms with Crippen molar-refractivity contribution in [1.29, 1.82) is 0 Å². The molecule has 1 N–H and O–H groups in total. The highest BCUT2D eigenvalue weighted by molar-refractivity contribution is 9.10. The number of carbonyl (C=O) groups is 1. The van der Waals surface area contributed by atoms with Gasteiger partial charge in [0.2, 0.25) is 0 Å². The van der Waals surface area contributed by atoms with Crippen molar-refractivity contribution in [3.8, 4) is 5.75 Å². The second-order valence-corrected chi connectivity index (χ2v) is 4.70. The minimum absolute atomic E-state index is 0.0147. The van der Waals surface area contributed by atoms with Gasteiger partial charge in [-0.3, -0.25) is 4.79 Å². The highest BCUT2D eigenvalue weighted by Crippen LogP contribution is 2.34. The van der Waals surface area contributed by atoms with Crippen LogP contribution >= 0.6 is 15.9 Å². The summed E-state index contributed by atoms with van der Waals surface area (Å²) in [5.74, 6) is 0.605. The van der Waals surface area contributed by atoms with Gasteiger partial charge < -0.3 is 19.5 Å². The average molecular weight is 316 g/mol. The fourth-order valence-electron chi connectivity index (χ4n) is 1.74. The Hall–Kier alpha value is -1.11. The fourth-order valence-corrected chi connectivity index (χ4v) is 2.09. The van der Waals surface area contributed by atoms with Gasteiger partial charge in [-0.05, 0) is 18.2 Å². The number of aliphatic hydroxyl groups excluding tert-OH is 1. The number of hydrogen-bond acceptors (Lipinski definition) is 4. The summed E-state index contributed by atoms with van der Waals surface area (Å²) in [6.07, 6.45) is 0. The maximum absolute atomic E-state index is 11.8. The quantitative estimate of drug-likeness (QED) is 0.829. The number of nitrogens with zero attached hydrogens (tertiary/aromatic N) is 1. The monoisotopic (exact) mass is 315 g/mol. The molecule has 2 rings (SSSR count). The second-order valence-electron chi connectivity index (χ2n) is 3.78. The molecule has 0 saturated heterocycles. The van der Waals surface area contributed by atoms with Crippen LogP contribution in [0.25, 0.3) is 0 Å². The first-order valence-corrected chi connectivity index (χ1v) is 6.43. The van der Waals surface area contributed by atoms with Crippen LogP contribution in [0.5, 0.6) is 5.75 Å². The summed E-state index contributed by atoms with van der Waals surface area (Å²) in [4.78, 5) is 13.5. The summed E-state index contributed by atoms with van der Waals surface area (Å²) < 4.78 is 11.4. The van der Waals surface area contributed by atoms with Gasteiger partial charge in [0, 0.05) is 11.0 Å². The molecule has 1 aliphatic heterocycles. The molecule has 0 radical (unpaired) electrons. The second kappa shape index (κ2) is 6.17. The van der Waals surface area contributed by atoms with E-state index in [0.29, 0.717) is 18.9 Å². The standard InChI is InChI=1S/C12H14BrNO4/c13-9-1-2-11-10(7-9)14(12(16)8-18-11)3-5-17-6-4-15/h1-2,7,15H,3-6,8H2. The molecule has 0 aromatic heterocycles. The zero-order valence-corrected chi connectivity index (χ0v) is 11.4. The van der Waals surface area contributed by atoms with Crippen molar-refractivity contribution in [3.05, 3.63) is 22.7 Å². The molecule has 0 aliphatic carbocycles. The van der Waals surface area contributed by atoms with E-state index in [4.69, 9.17) is 14.6 Å². The highest BCUT2D eigenvalue weighted by Gasteiger charge is 2.25. The van der Waals surface area contributed by atoms with Crippen LogP contribution in [0.2, 0.25) is 0 Å². The van der Waals surface area contributed by atoms with Gasteiger partial charge in [-0.25, -0.2) is 0 Å². The number of aliphatic hydroxyl groups is 1. The average Bonchev–Trinajstić information content (AvgIpc) is 2.36. The Bertz CT molecular complexity index is 438. The Morgan fingerprint density at radius 2 is 2.28 bits per heavy atom. The predicted molar refractivity (Wildman–Crippen MR) is 69.9 cm³/mol. The fraction of sp³-hybridized carbons (Fsp3) is 0.417. The van der Waals surface area contributed by atoms with Crippen molar-refractivity contribution in [1.82, 2.24) is 0 Å². The van der Waals surface area contributed by atoms with Gasteiger partial charge in [-0.2, -0.15) is 0 Å². The van der Waals surface area contributed by atoms with E-state index in [1.807, 2.05) is 18.2 Å². The Morgan fingerprint density at radius 1 is 1.44 bits per heavy atom. The molecule has 1 aromatic rings. The van der Waals surface area contributed by atoms with Crippen LogP contribution in [-0.2, 0) is 9.53 Å². The predicted octanol–water partition coefficient (Wildman–Crippen LogP) is 1.18. The highest BCUT2D eigenvalue weighted by atomic mass is 79.9. The molecule has 98 valence electrons. The minimum Gasteiger partial charge on any atom is -0.482 e. The molecule has 1 amide bonds. The number of halogens is 1. The lowest BCUT2D eigenvalue weighted by Crippen LogP contribution is -2.40. The Labute approximate surface area is 113 Å². The van der Waals surface area contributed by atoms with E-state index in [9.17, 15) is 4.79 Å². The molecule has 18 heavy (non-hydrogen) atoms. The van der Waals surface area contributed by atoms with E-state index in [2.05, 4.69) is 15.9 Å². The van der Waals surface area contributed by atoms with Gasteiger partial charge in [0.25, 0.3) is 5.91 Å². The maximum atomic E-state index is 11.8. The molecule has 0 spiro atoms. The van der Waals surface area contributed by atoms with Crippen LogP contribution in [0.1, 0.15) is 0 Å². The van der Waals surface area contributed by atoms with E-state index in [1.165, 1.54) is 0 Å². The Morgan fingerprint density at radius 3 is 3.06 bits per heavy atom. The minimum atomic E-state index is -0.0896. The number of hydrogen-bond donors (Lipinski definition) is 1. The third kappa shape index (κ3) is 3.01. The molecule has 0 bridgehead atoms. The van der Waals surface area contributed by atoms with Crippen molar-refractivity contribution >= 4 is 27.5 Å². The number of rotatable bonds is 5. The van der Waals surface area contributed by atoms with E-state index in [0.717, 1.165) is 10.2 Å². The molecular formula is C12H14BrNO4. The smallest absolute Gasteiger partial charge is 0.265 e. The number of anilines is 1. The maximum Gasteiger partial charge on any atom is 0.265 e. The number of ether oxygens (including phenoxy) is 2. The molecule has 0 unspecified atom stereocenters. The summed E-state index contributed by atoms with van der Waals surface area (Å²) in [5, 5.41) is 8.62. The van der Waals surface area contributed by atoms with E-state index >= 15 is 0 Å². The number of carbonyl (C=O) groups excluding carboxylic acids is 1. The van der Waals surface area contributed by atoms with Gasteiger partial charge in [-0.1, -0.05) is 15.9 Å². The van der Waals surface area contributed by atoms with Crippen molar-refractivity contribution in [3.63, 3.8) is 0 Å². The third-order valence-electron chi connectivity index (χ3n) is 2.56. The van der Waals surface area contributed by atoms with E-state index in [1.54, 1.807) is 4.90 Å². The molecule has 0 atom stereocenters. The van der Waals surface area contributed by atoms with Gasteiger partial charge in [-0.15, -0.1) is 0 Å². The van der Waals surface area contributed by atoms with Crippen molar-refractivity contribution in [2.45, 2.75) is 0 Å². The zero-order chi connectivity index (χ0) is 13.0. The summed E-state index contributed by atoms with van der Waals surface area (Å²) in [7, 11) is 0. The number of amides is 1. The lowest BCUT2D eigenvalue weighted by atomic mass is 10.2. The Balaban J connectivity index is 2.09. The molecule has 0 saturated carbocycles. The molecule has 6 heteroatoms. The van der Waals surface area contributed by atoms with E-state index in [-0.39, 0.29) is 25.7 Å². The van der Waals surface area contributed by atoms with Gasteiger partial charge in [0.1, 0.15) is 5.75 Å². The van der Waals surface area contributed by atoms with Crippen molar-refractivity contribution in [2.75, 3.05) is 37.9 Å². The van der Waals surface area contributed by atoms with Crippen molar-refractivity contribution < 1.29 is 19.4 Å². The summed E-state index contributed by atoms with van der Waals surface area (Å²) >= 11 is 3.37. The molecule has 1 aromatic carbocycles. The lowest BCUT2D eigenvalue weighted by molar-refractivity contribution is -0.121. The van der Waals surface area contributed by atoms with Crippen LogP contribution in [0.15, 0.2) is 22.7 Å². The van der Waals surface area contributed by atoms with Crippen LogP contribution in [0.3, 0.4) is 0 Å². The molecule has 1 aliphatic rings. The summed E-state index contributed by atoms with van der Waals surface area (Å²) in [5.41, 5.74) is 0.744. The molecular weight excluding hydrogens is 302 g/mol. The largest absolute Gasteiger partial charge is 0.482 e. The molecule has 5 nitrogen and oxygen atoms in total. The topological polar surface area (TPSA) is 59.0 Å². The van der Waals surface area contributed by atoms with Crippen LogP contribution in [0, 0.1) is 0 Å². The summed E-state index contributed by atoms with van der Waals surface area (Å²) in [6, 6.07) is 5.54. The normalized spacial score (nSPS) is 14.3. The molecule has 1 heterocycles. The van der Waals surface area contributed by atoms with Crippen LogP contribution < -0.4 is 9.64 Å². The third-order valence-corrected chi connectivity index (χ3v) is 3.05. The number of fused-ring (bicyclic) bond motifs is 1. The van der Waals surface area contributed by atoms with Crippen LogP contribution in [0.4, 0.5) is 5.69 Å². The summed E-state index contributed by atoms with van der Waals surface area (Å²) in [6.45, 7) is 1.15. The van der Waals surface area contributed by atoms with Crippen LogP contribution in [-0.4, -0.2) is 44.0 Å². The zero-order valence-electron chi connectivity index (χ0n) is 9.76. The van der Waals surface area contributed by atoms with Gasteiger partial charge in [0.15, 0.2) is 6.61 Å². The lowest BCUT2D eigenvalue weighted by Gasteiger charge is -2.29. The number of benzene rings is 1. The SMILES string of the molecule is O=C1COc2ccc(Br)cc2N1CCOCCO. The first-order chi connectivity index (χ1) is 8.72. The first kappa shape index (κ1) is 13.3. The molecule has 0 fully saturated rings. The van der Waals surface area contributed by atoms with Gasteiger partial charge >= 0.3 is 0 Å². The van der Waals surface area contributed by atoms with E-state index < -0.39 is 0 Å². The first-order valence-electron chi connectivity index (χ1n) is 5.63. The Kier molecular flexibility index (Phi) is 4.57. The van der Waals surface area contributed by atoms with Gasteiger partial charge in [0.05, 0.1) is 25.5 Å².